The van der Waals surface area contributed by atoms with Gasteiger partial charge >= 0.3 is 12.1 Å². The van der Waals surface area contributed by atoms with E-state index in [1.807, 2.05) is 0 Å². The van der Waals surface area contributed by atoms with Crippen LogP contribution < -0.4 is 9.47 Å². The van der Waals surface area contributed by atoms with Crippen LogP contribution in [0.25, 0.3) is 22.2 Å². The van der Waals surface area contributed by atoms with E-state index in [9.17, 15) is 23.1 Å². The normalized spacial score (nSPS) is 12.1. The number of aromatic nitrogens is 1. The third-order valence-electron chi connectivity index (χ3n) is 5.19. The van der Waals surface area contributed by atoms with Crippen molar-refractivity contribution in [2.24, 2.45) is 0 Å². The number of aliphatic carboxylic acids is 1. The molecule has 9 heteroatoms. The summed E-state index contributed by atoms with van der Waals surface area (Å²) in [7, 11) is 0. The number of nitrogens with zero attached hydrogens (tertiary/aromatic N) is 1. The van der Waals surface area contributed by atoms with E-state index in [1.54, 1.807) is 48.5 Å². The number of carbonyl (C=O) groups is 1. The van der Waals surface area contributed by atoms with E-state index in [2.05, 4.69) is 5.16 Å². The predicted molar refractivity (Wildman–Crippen MR) is 118 cm³/mol. The summed E-state index contributed by atoms with van der Waals surface area (Å²) in [6.45, 7) is 4.27. The van der Waals surface area contributed by atoms with Crippen molar-refractivity contribution in [2.45, 2.75) is 32.5 Å². The summed E-state index contributed by atoms with van der Waals surface area (Å²) in [4.78, 5) is 11.3. The molecule has 0 aliphatic heterocycles. The van der Waals surface area contributed by atoms with Gasteiger partial charge in [0.2, 0.25) is 0 Å². The van der Waals surface area contributed by atoms with E-state index in [0.29, 0.717) is 33.9 Å². The van der Waals surface area contributed by atoms with Gasteiger partial charge in [-0.15, -0.1) is 0 Å². The lowest BCUT2D eigenvalue weighted by Crippen LogP contribution is -2.37. The molecule has 0 radical (unpaired) electrons. The van der Waals surface area contributed by atoms with Gasteiger partial charge in [-0.2, -0.15) is 13.2 Å². The zero-order valence-electron chi connectivity index (χ0n) is 18.4. The summed E-state index contributed by atoms with van der Waals surface area (Å²) >= 11 is 0. The Kier molecular flexibility index (Phi) is 5.72. The molecule has 0 amide bonds. The Morgan fingerprint density at radius 3 is 2.38 bits per heavy atom. The monoisotopic (exact) mass is 471 g/mol. The topological polar surface area (TPSA) is 81.8 Å². The number of halogens is 3. The number of benzene rings is 3. The molecule has 3 aromatic carbocycles. The summed E-state index contributed by atoms with van der Waals surface area (Å²) in [5.74, 6) is -0.00930. The summed E-state index contributed by atoms with van der Waals surface area (Å²) < 4.78 is 56.6. The molecule has 0 unspecified atom stereocenters. The van der Waals surface area contributed by atoms with Gasteiger partial charge in [0.15, 0.2) is 11.2 Å². The van der Waals surface area contributed by atoms with Crippen LogP contribution in [-0.4, -0.2) is 21.8 Å². The highest BCUT2D eigenvalue weighted by atomic mass is 19.4. The van der Waals surface area contributed by atoms with Gasteiger partial charge < -0.3 is 19.1 Å². The fourth-order valence-corrected chi connectivity index (χ4v) is 3.34. The van der Waals surface area contributed by atoms with E-state index in [4.69, 9.17) is 14.0 Å². The lowest BCUT2D eigenvalue weighted by molar-refractivity contribution is -0.152. The van der Waals surface area contributed by atoms with Crippen molar-refractivity contribution in [3.63, 3.8) is 0 Å². The number of carboxylic acids is 1. The Hall–Kier alpha value is -4.01. The quantitative estimate of drug-likeness (QED) is 0.331. The lowest BCUT2D eigenvalue weighted by atomic mass is 10.0. The van der Waals surface area contributed by atoms with E-state index in [0.717, 1.165) is 6.07 Å². The smallest absolute Gasteiger partial charge is 0.416 e. The molecule has 0 saturated heterocycles. The Morgan fingerprint density at radius 1 is 0.971 bits per heavy atom. The van der Waals surface area contributed by atoms with E-state index in [-0.39, 0.29) is 11.1 Å². The molecule has 1 aromatic heterocycles. The standard InChI is InChI=1S/C25H20F3NO5/c1-14-7-8-15(11-20(14)25(26,27)28)22-19-10-9-17(13-21(19)34-29-22)32-16-5-4-6-18(12-16)33-24(2,3)23(30)31/h4-13H,1-3H3,(H,30,31). The second kappa shape index (κ2) is 8.40. The molecular weight excluding hydrogens is 451 g/mol. The molecule has 4 rings (SSSR count). The van der Waals surface area contributed by atoms with Crippen LogP contribution in [0.1, 0.15) is 25.0 Å². The van der Waals surface area contributed by atoms with Gasteiger partial charge in [-0.05, 0) is 56.7 Å². The first-order valence-corrected chi connectivity index (χ1v) is 10.2. The predicted octanol–water partition coefficient (Wildman–Crippen LogP) is 6.86. The van der Waals surface area contributed by atoms with E-state index >= 15 is 0 Å². The number of carboxylic acid groups (broad SMARTS) is 1. The molecule has 4 aromatic rings. The Balaban J connectivity index is 1.60. The molecule has 0 aliphatic carbocycles. The van der Waals surface area contributed by atoms with Crippen LogP contribution in [0.2, 0.25) is 0 Å². The van der Waals surface area contributed by atoms with E-state index in [1.165, 1.54) is 26.8 Å². The third kappa shape index (κ3) is 4.68. The Morgan fingerprint density at radius 2 is 1.68 bits per heavy atom. The fraction of sp³-hybridized carbons (Fsp3) is 0.200. The molecule has 6 nitrogen and oxygen atoms in total. The largest absolute Gasteiger partial charge is 0.478 e. The molecule has 34 heavy (non-hydrogen) atoms. The minimum absolute atomic E-state index is 0.123. The van der Waals surface area contributed by atoms with Crippen LogP contribution in [0.4, 0.5) is 13.2 Å². The highest BCUT2D eigenvalue weighted by Crippen LogP contribution is 2.37. The minimum Gasteiger partial charge on any atom is -0.478 e. The summed E-state index contributed by atoms with van der Waals surface area (Å²) in [6.07, 6.45) is -4.47. The molecule has 0 atom stereocenters. The van der Waals surface area contributed by atoms with Crippen molar-refractivity contribution in [1.29, 1.82) is 0 Å². The molecule has 1 N–H and O–H groups in total. The zero-order chi connectivity index (χ0) is 24.7. The van der Waals surface area contributed by atoms with Crippen molar-refractivity contribution < 1.29 is 37.1 Å². The molecule has 0 saturated carbocycles. The zero-order valence-corrected chi connectivity index (χ0v) is 18.4. The van der Waals surface area contributed by atoms with Crippen LogP contribution in [0.15, 0.2) is 65.2 Å². The van der Waals surface area contributed by atoms with Gasteiger partial charge in [-0.25, -0.2) is 4.79 Å². The summed E-state index contributed by atoms with van der Waals surface area (Å²) in [6, 6.07) is 15.4. The highest BCUT2D eigenvalue weighted by molar-refractivity contribution is 5.92. The summed E-state index contributed by atoms with van der Waals surface area (Å²) in [5.41, 5.74) is -1.11. The van der Waals surface area contributed by atoms with Gasteiger partial charge in [0.1, 0.15) is 22.9 Å². The average Bonchev–Trinajstić information content (AvgIpc) is 3.16. The first kappa shape index (κ1) is 23.2. The maximum Gasteiger partial charge on any atom is 0.416 e. The van der Waals surface area contributed by atoms with Crippen molar-refractivity contribution in [1.82, 2.24) is 5.16 Å². The number of hydrogen-bond acceptors (Lipinski definition) is 5. The first-order chi connectivity index (χ1) is 15.9. The van der Waals surface area contributed by atoms with Crippen LogP contribution in [0, 0.1) is 6.92 Å². The molecule has 1 heterocycles. The second-order valence-corrected chi connectivity index (χ2v) is 8.21. The number of fused-ring (bicyclic) bond motifs is 1. The number of hydrogen-bond donors (Lipinski definition) is 1. The van der Waals surface area contributed by atoms with Crippen LogP contribution in [0.5, 0.6) is 17.2 Å². The van der Waals surface area contributed by atoms with Gasteiger partial charge in [-0.1, -0.05) is 23.4 Å². The summed E-state index contributed by atoms with van der Waals surface area (Å²) in [5, 5.41) is 13.7. The van der Waals surface area contributed by atoms with Crippen LogP contribution >= 0.6 is 0 Å². The molecule has 0 fully saturated rings. The van der Waals surface area contributed by atoms with Crippen LogP contribution in [0.3, 0.4) is 0 Å². The van der Waals surface area contributed by atoms with Crippen molar-refractivity contribution in [3.05, 3.63) is 71.8 Å². The molecule has 176 valence electrons. The average molecular weight is 471 g/mol. The molecule has 0 bridgehead atoms. The highest BCUT2D eigenvalue weighted by Gasteiger charge is 2.33. The van der Waals surface area contributed by atoms with Gasteiger partial charge in [-0.3, -0.25) is 0 Å². The third-order valence-corrected chi connectivity index (χ3v) is 5.19. The van der Waals surface area contributed by atoms with Gasteiger partial charge in [0.25, 0.3) is 0 Å². The lowest BCUT2D eigenvalue weighted by Gasteiger charge is -2.21. The maximum absolute atomic E-state index is 13.3. The number of alkyl halides is 3. The number of aryl methyl sites for hydroxylation is 1. The van der Waals surface area contributed by atoms with Crippen LogP contribution in [-0.2, 0) is 11.0 Å². The number of rotatable bonds is 6. The fourth-order valence-electron chi connectivity index (χ4n) is 3.34. The first-order valence-electron chi connectivity index (χ1n) is 10.2. The van der Waals surface area contributed by atoms with Crippen molar-refractivity contribution >= 4 is 16.9 Å². The van der Waals surface area contributed by atoms with Crippen molar-refractivity contribution in [3.8, 4) is 28.5 Å². The SMILES string of the molecule is Cc1ccc(-c2noc3cc(Oc4cccc(OC(C)(C)C(=O)O)c4)ccc23)cc1C(F)(F)F. The van der Waals surface area contributed by atoms with Crippen molar-refractivity contribution in [2.75, 3.05) is 0 Å². The molecular formula is C25H20F3NO5. The Labute approximate surface area is 192 Å². The Bertz CT molecular complexity index is 1370. The number of ether oxygens (including phenoxy) is 2. The molecule has 0 aliphatic rings. The van der Waals surface area contributed by atoms with E-state index < -0.39 is 23.3 Å². The van der Waals surface area contributed by atoms with Gasteiger partial charge in [0.05, 0.1) is 5.56 Å². The second-order valence-electron chi connectivity index (χ2n) is 8.21. The minimum atomic E-state index is -4.47. The van der Waals surface area contributed by atoms with Gasteiger partial charge in [0, 0.05) is 23.1 Å². The molecule has 0 spiro atoms. The maximum atomic E-state index is 13.3.